The van der Waals surface area contributed by atoms with Crippen LogP contribution in [0.25, 0.3) is 10.9 Å². The number of hydrogen-bond donors (Lipinski definition) is 1. The largest absolute Gasteiger partial charge is 0.494 e. The van der Waals surface area contributed by atoms with Crippen LogP contribution in [-0.2, 0) is 19.6 Å². The molecule has 3 aromatic carbocycles. The second kappa shape index (κ2) is 11.8. The Bertz CT molecular complexity index is 1530. The van der Waals surface area contributed by atoms with Gasteiger partial charge in [-0.3, -0.25) is 9.69 Å². The molecule has 0 spiro atoms. The van der Waals surface area contributed by atoms with Crippen LogP contribution >= 0.6 is 0 Å². The molecule has 38 heavy (non-hydrogen) atoms. The van der Waals surface area contributed by atoms with Crippen molar-refractivity contribution in [1.82, 2.24) is 30.1 Å². The fourth-order valence-corrected chi connectivity index (χ4v) is 4.84. The average molecular weight is 509 g/mol. The summed E-state index contributed by atoms with van der Waals surface area (Å²) in [5, 5.41) is 13.7. The Labute approximate surface area is 221 Å². The van der Waals surface area contributed by atoms with E-state index in [0.29, 0.717) is 31.8 Å². The molecular formula is C30H32N6O2. The van der Waals surface area contributed by atoms with Crippen LogP contribution in [0.15, 0.2) is 89.7 Å². The first-order valence-electron chi connectivity index (χ1n) is 13.0. The van der Waals surface area contributed by atoms with Gasteiger partial charge in [0.05, 0.1) is 19.2 Å². The maximum atomic E-state index is 13.2. The highest BCUT2D eigenvalue weighted by molar-refractivity contribution is 5.80. The van der Waals surface area contributed by atoms with Crippen LogP contribution in [0.3, 0.4) is 0 Å². The van der Waals surface area contributed by atoms with Crippen LogP contribution in [0.2, 0.25) is 0 Å². The summed E-state index contributed by atoms with van der Waals surface area (Å²) in [7, 11) is 0. The van der Waals surface area contributed by atoms with Gasteiger partial charge in [0.1, 0.15) is 5.75 Å². The van der Waals surface area contributed by atoms with Crippen molar-refractivity contribution in [2.24, 2.45) is 0 Å². The van der Waals surface area contributed by atoms with E-state index >= 15 is 0 Å². The predicted octanol–water partition coefficient (Wildman–Crippen LogP) is 5.12. The highest BCUT2D eigenvalue weighted by Crippen LogP contribution is 2.27. The number of ether oxygens (including phenoxy) is 1. The molecule has 0 aliphatic rings. The summed E-state index contributed by atoms with van der Waals surface area (Å²) in [6.07, 6.45) is 0.780. The van der Waals surface area contributed by atoms with Gasteiger partial charge in [0.15, 0.2) is 5.82 Å². The van der Waals surface area contributed by atoms with Crippen LogP contribution in [0.1, 0.15) is 48.8 Å². The number of rotatable bonds is 11. The first-order valence-corrected chi connectivity index (χ1v) is 13.0. The molecule has 0 fully saturated rings. The third kappa shape index (κ3) is 5.81. The zero-order valence-corrected chi connectivity index (χ0v) is 21.7. The summed E-state index contributed by atoms with van der Waals surface area (Å²) in [6.45, 7) is 6.34. The number of nitrogens with one attached hydrogen (secondary N) is 1. The predicted molar refractivity (Wildman–Crippen MR) is 148 cm³/mol. The molecule has 0 amide bonds. The first-order chi connectivity index (χ1) is 18.6. The quantitative estimate of drug-likeness (QED) is 0.267. The zero-order valence-electron chi connectivity index (χ0n) is 21.7. The number of hydrogen-bond acceptors (Lipinski definition) is 6. The lowest BCUT2D eigenvalue weighted by atomic mass is 10.1. The lowest BCUT2D eigenvalue weighted by Crippen LogP contribution is -2.32. The summed E-state index contributed by atoms with van der Waals surface area (Å²) < 4.78 is 7.54. The van der Waals surface area contributed by atoms with E-state index in [1.54, 1.807) is 0 Å². The van der Waals surface area contributed by atoms with Crippen molar-refractivity contribution in [3.8, 4) is 5.75 Å². The maximum Gasteiger partial charge on any atom is 0.252 e. The molecule has 0 unspecified atom stereocenters. The van der Waals surface area contributed by atoms with E-state index in [1.807, 2.05) is 72.3 Å². The number of pyridine rings is 1. The van der Waals surface area contributed by atoms with E-state index in [-0.39, 0.29) is 11.6 Å². The Morgan fingerprint density at radius 3 is 2.37 bits per heavy atom. The van der Waals surface area contributed by atoms with E-state index < -0.39 is 0 Å². The van der Waals surface area contributed by atoms with Gasteiger partial charge >= 0.3 is 0 Å². The topological polar surface area (TPSA) is 88.9 Å². The normalized spacial score (nSPS) is 12.2. The smallest absolute Gasteiger partial charge is 0.252 e. The van der Waals surface area contributed by atoms with Crippen LogP contribution in [0, 0.1) is 0 Å². The van der Waals surface area contributed by atoms with Crippen molar-refractivity contribution in [2.75, 3.05) is 6.61 Å². The van der Waals surface area contributed by atoms with Crippen molar-refractivity contribution in [2.45, 2.75) is 45.9 Å². The molecule has 0 aliphatic carbocycles. The van der Waals surface area contributed by atoms with E-state index in [1.165, 1.54) is 0 Å². The molecule has 2 aromatic heterocycles. The molecule has 1 N–H and O–H groups in total. The number of aromatic amines is 1. The van der Waals surface area contributed by atoms with Gasteiger partial charge in [-0.25, -0.2) is 4.68 Å². The molecule has 0 radical (unpaired) electrons. The molecule has 0 bridgehead atoms. The molecule has 0 aliphatic heterocycles. The van der Waals surface area contributed by atoms with Gasteiger partial charge < -0.3 is 9.72 Å². The Morgan fingerprint density at radius 2 is 1.66 bits per heavy atom. The standard InChI is InChI=1S/C30H32N6O2/c1-3-28(29-32-33-34-36(29)20-23-13-9-6-10-14-23)35(19-22-11-7-5-8-12-22)21-25-17-24-18-26(38-4-2)15-16-27(24)31-30(25)37/h5-18,28H,3-4,19-21H2,1-2H3,(H,31,37)/t28-/m0/s1. The summed E-state index contributed by atoms with van der Waals surface area (Å²) in [5.41, 5.74) is 3.65. The molecule has 194 valence electrons. The minimum absolute atomic E-state index is 0.0984. The Kier molecular flexibility index (Phi) is 7.89. The van der Waals surface area contributed by atoms with Gasteiger partial charge in [0.2, 0.25) is 0 Å². The fraction of sp³-hybridized carbons (Fsp3) is 0.267. The zero-order chi connectivity index (χ0) is 26.3. The average Bonchev–Trinajstić information content (AvgIpc) is 3.38. The third-order valence-corrected chi connectivity index (χ3v) is 6.67. The van der Waals surface area contributed by atoms with E-state index in [2.05, 4.69) is 56.6 Å². The monoisotopic (exact) mass is 508 g/mol. The molecule has 2 heterocycles. The number of nitrogens with zero attached hydrogens (tertiary/aromatic N) is 5. The molecule has 0 saturated heterocycles. The Balaban J connectivity index is 1.51. The van der Waals surface area contributed by atoms with Gasteiger partial charge in [-0.05, 0) is 59.2 Å². The van der Waals surface area contributed by atoms with Crippen LogP contribution in [-0.4, -0.2) is 36.7 Å². The van der Waals surface area contributed by atoms with Crippen molar-refractivity contribution < 1.29 is 4.74 Å². The lowest BCUT2D eigenvalue weighted by molar-refractivity contribution is 0.161. The maximum absolute atomic E-state index is 13.2. The lowest BCUT2D eigenvalue weighted by Gasteiger charge is -2.30. The molecular weight excluding hydrogens is 476 g/mol. The van der Waals surface area contributed by atoms with Gasteiger partial charge in [-0.2, -0.15) is 0 Å². The number of aromatic nitrogens is 5. The van der Waals surface area contributed by atoms with E-state index in [9.17, 15) is 4.79 Å². The van der Waals surface area contributed by atoms with Crippen molar-refractivity contribution in [3.05, 3.63) is 118 Å². The number of tetrazole rings is 1. The van der Waals surface area contributed by atoms with Crippen LogP contribution < -0.4 is 10.3 Å². The minimum atomic E-state index is -0.0987. The summed E-state index contributed by atoms with van der Waals surface area (Å²) in [5.74, 6) is 1.56. The van der Waals surface area contributed by atoms with Crippen molar-refractivity contribution >= 4 is 10.9 Å². The molecule has 5 aromatic rings. The second-order valence-corrected chi connectivity index (χ2v) is 9.30. The summed E-state index contributed by atoms with van der Waals surface area (Å²) in [4.78, 5) is 18.5. The molecule has 5 rings (SSSR count). The molecule has 8 heteroatoms. The molecule has 1 atom stereocenters. The van der Waals surface area contributed by atoms with Gasteiger partial charge in [-0.15, -0.1) is 5.10 Å². The van der Waals surface area contributed by atoms with Gasteiger partial charge in [0, 0.05) is 29.6 Å². The van der Waals surface area contributed by atoms with Gasteiger partial charge in [-0.1, -0.05) is 67.6 Å². The summed E-state index contributed by atoms with van der Waals surface area (Å²) in [6, 6.07) is 28.1. The Hall–Kier alpha value is -4.30. The second-order valence-electron chi connectivity index (χ2n) is 9.30. The van der Waals surface area contributed by atoms with E-state index in [4.69, 9.17) is 4.74 Å². The Morgan fingerprint density at radius 1 is 0.921 bits per heavy atom. The number of H-pyrrole nitrogens is 1. The van der Waals surface area contributed by atoms with E-state index in [0.717, 1.165) is 40.0 Å². The number of fused-ring (bicyclic) bond motifs is 1. The van der Waals surface area contributed by atoms with Crippen molar-refractivity contribution in [1.29, 1.82) is 0 Å². The third-order valence-electron chi connectivity index (χ3n) is 6.67. The number of benzene rings is 3. The van der Waals surface area contributed by atoms with Crippen LogP contribution in [0.4, 0.5) is 0 Å². The molecule has 0 saturated carbocycles. The van der Waals surface area contributed by atoms with Gasteiger partial charge in [0.25, 0.3) is 5.56 Å². The molecule has 8 nitrogen and oxygen atoms in total. The highest BCUT2D eigenvalue weighted by Gasteiger charge is 2.26. The highest BCUT2D eigenvalue weighted by atomic mass is 16.5. The van der Waals surface area contributed by atoms with Crippen molar-refractivity contribution in [3.63, 3.8) is 0 Å². The minimum Gasteiger partial charge on any atom is -0.494 e. The SMILES string of the molecule is CCOc1ccc2[nH]c(=O)c(CN(Cc3ccccc3)[C@@H](CC)c3nnnn3Cc3ccccc3)cc2c1. The fourth-order valence-electron chi connectivity index (χ4n) is 4.84. The van der Waals surface area contributed by atoms with Crippen LogP contribution in [0.5, 0.6) is 5.75 Å². The first kappa shape index (κ1) is 25.4. The summed E-state index contributed by atoms with van der Waals surface area (Å²) >= 11 is 0.